The fraction of sp³-hybridized carbons (Fsp3) is 0.857. The Morgan fingerprint density at radius 2 is 1.62 bits per heavy atom. The van der Waals surface area contributed by atoms with Crippen LogP contribution in [0, 0.1) is 0 Å². The number of Topliss-reactive ketones (excluding diaryl/α,β-unsaturated/α-hetero) is 1. The van der Waals surface area contributed by atoms with E-state index in [1.807, 2.05) is 0 Å². The van der Waals surface area contributed by atoms with Crippen LogP contribution < -0.4 is 0 Å². The van der Waals surface area contributed by atoms with E-state index in [-0.39, 0.29) is 0 Å². The maximum atomic E-state index is 10.5. The Morgan fingerprint density at radius 3 is 1.92 bits per heavy atom. The Kier molecular flexibility index (Phi) is 5.04. The van der Waals surface area contributed by atoms with Gasteiger partial charge in [-0.2, -0.15) is 0 Å². The second-order valence-corrected chi connectivity index (χ2v) is 2.79. The van der Waals surface area contributed by atoms with Gasteiger partial charge in [0.15, 0.2) is 5.78 Å². The Bertz CT molecular complexity index is 170. The van der Waals surface area contributed by atoms with Crippen molar-refractivity contribution in [1.29, 1.82) is 0 Å². The van der Waals surface area contributed by atoms with E-state index in [0.29, 0.717) is 0 Å². The quantitative estimate of drug-likeness (QED) is 0.318. The van der Waals surface area contributed by atoms with Crippen LogP contribution in [0.25, 0.3) is 0 Å². The molecule has 0 aliphatic rings. The maximum absolute atomic E-state index is 10.5. The first-order valence-corrected chi connectivity index (χ1v) is 3.75. The molecule has 6 nitrogen and oxygen atoms in total. The predicted molar refractivity (Wildman–Crippen MR) is 41.8 cm³/mol. The zero-order valence-corrected chi connectivity index (χ0v) is 7.16. The smallest absolute Gasteiger partial charge is 0.160 e. The lowest BCUT2D eigenvalue weighted by Crippen LogP contribution is -2.48. The molecule has 0 amide bonds. The molecule has 78 valence electrons. The number of ketones is 1. The van der Waals surface area contributed by atoms with E-state index in [4.69, 9.17) is 25.5 Å². The Labute approximate surface area is 75.1 Å². The van der Waals surface area contributed by atoms with Gasteiger partial charge in [-0.15, -0.1) is 0 Å². The highest BCUT2D eigenvalue weighted by Gasteiger charge is 2.32. The molecule has 0 aliphatic heterocycles. The van der Waals surface area contributed by atoms with Crippen molar-refractivity contribution in [3.05, 3.63) is 0 Å². The molecule has 0 rings (SSSR count). The van der Waals surface area contributed by atoms with Gasteiger partial charge in [0.05, 0.1) is 6.61 Å². The summed E-state index contributed by atoms with van der Waals surface area (Å²) in [5.74, 6) is -0.725. The van der Waals surface area contributed by atoms with Crippen LogP contribution in [0.3, 0.4) is 0 Å². The fourth-order valence-corrected chi connectivity index (χ4v) is 0.763. The summed E-state index contributed by atoms with van der Waals surface area (Å²) in [6.07, 6.45) is -6.87. The Hall–Kier alpha value is -0.530. The molecule has 0 heterocycles. The van der Waals surface area contributed by atoms with E-state index >= 15 is 0 Å². The number of aliphatic hydroxyl groups excluding tert-OH is 5. The molecule has 4 atom stereocenters. The van der Waals surface area contributed by atoms with Gasteiger partial charge in [0, 0.05) is 0 Å². The minimum atomic E-state index is -1.79. The molecule has 0 aromatic rings. The summed E-state index contributed by atoms with van der Waals surface area (Å²) in [5.41, 5.74) is 0. The molecule has 0 aromatic heterocycles. The summed E-state index contributed by atoms with van der Waals surface area (Å²) in [6.45, 7) is 0.273. The topological polar surface area (TPSA) is 118 Å². The van der Waals surface area contributed by atoms with Crippen LogP contribution in [0.4, 0.5) is 0 Å². The summed E-state index contributed by atoms with van der Waals surface area (Å²) < 4.78 is 0. The number of carbonyl (C=O) groups is 1. The zero-order chi connectivity index (χ0) is 10.6. The van der Waals surface area contributed by atoms with Crippen LogP contribution in [-0.4, -0.2) is 62.3 Å². The Morgan fingerprint density at radius 1 is 1.15 bits per heavy atom. The molecule has 0 aliphatic carbocycles. The lowest BCUT2D eigenvalue weighted by Gasteiger charge is -2.23. The monoisotopic (exact) mass is 194 g/mol. The van der Waals surface area contributed by atoms with Crippen LogP contribution >= 0.6 is 0 Å². The molecular formula is C7H14O6. The number of hydrogen-bond acceptors (Lipinski definition) is 6. The molecule has 0 saturated carbocycles. The van der Waals surface area contributed by atoms with E-state index in [9.17, 15) is 4.79 Å². The van der Waals surface area contributed by atoms with Gasteiger partial charge in [-0.05, 0) is 6.92 Å². The predicted octanol–water partition coefficient (Wildman–Crippen LogP) is -2.99. The average Bonchev–Trinajstić information content (AvgIpc) is 2.12. The molecule has 0 bridgehead atoms. The molecule has 0 spiro atoms. The van der Waals surface area contributed by atoms with Gasteiger partial charge in [0.2, 0.25) is 0 Å². The van der Waals surface area contributed by atoms with Crippen molar-refractivity contribution in [2.24, 2.45) is 0 Å². The summed E-state index contributed by atoms with van der Waals surface area (Å²) in [7, 11) is 0. The summed E-state index contributed by atoms with van der Waals surface area (Å²) in [6, 6.07) is 0. The Balaban J connectivity index is 4.24. The molecular weight excluding hydrogens is 180 g/mol. The van der Waals surface area contributed by atoms with Gasteiger partial charge < -0.3 is 25.5 Å². The van der Waals surface area contributed by atoms with Gasteiger partial charge in [-0.25, -0.2) is 0 Å². The van der Waals surface area contributed by atoms with Crippen molar-refractivity contribution in [2.75, 3.05) is 6.61 Å². The van der Waals surface area contributed by atoms with E-state index in [1.165, 1.54) is 0 Å². The van der Waals surface area contributed by atoms with Crippen molar-refractivity contribution < 1.29 is 30.3 Å². The standard InChI is InChI=1S/C7H14O6/c1-3(9)5(11)7(13)6(12)4(10)2-8/h4-8,10-13H,2H2,1H3/t4-,5-,6-,7-/m1/s1. The van der Waals surface area contributed by atoms with Crippen molar-refractivity contribution >= 4 is 5.78 Å². The molecule has 0 fully saturated rings. The molecule has 6 heteroatoms. The van der Waals surface area contributed by atoms with E-state index in [2.05, 4.69) is 0 Å². The largest absolute Gasteiger partial charge is 0.394 e. The molecule has 5 N–H and O–H groups in total. The third kappa shape index (κ3) is 3.37. The number of aliphatic hydroxyl groups is 5. The first-order valence-electron chi connectivity index (χ1n) is 3.75. The second-order valence-electron chi connectivity index (χ2n) is 2.79. The average molecular weight is 194 g/mol. The summed E-state index contributed by atoms with van der Waals surface area (Å²) in [5, 5.41) is 44.3. The molecule has 0 aromatic carbocycles. The molecule has 0 radical (unpaired) electrons. The van der Waals surface area contributed by atoms with Crippen molar-refractivity contribution in [1.82, 2.24) is 0 Å². The minimum Gasteiger partial charge on any atom is -0.394 e. The minimum absolute atomic E-state index is 0.725. The van der Waals surface area contributed by atoms with Crippen molar-refractivity contribution in [3.8, 4) is 0 Å². The molecule has 13 heavy (non-hydrogen) atoms. The SMILES string of the molecule is CC(=O)[C@@H](O)[C@@H](O)[C@H](O)[C@H](O)CO. The highest BCUT2D eigenvalue weighted by molar-refractivity contribution is 5.80. The van der Waals surface area contributed by atoms with Crippen molar-refractivity contribution in [3.63, 3.8) is 0 Å². The fourth-order valence-electron chi connectivity index (χ4n) is 0.763. The molecule has 0 unspecified atom stereocenters. The van der Waals surface area contributed by atoms with Gasteiger partial charge in [-0.1, -0.05) is 0 Å². The van der Waals surface area contributed by atoms with Gasteiger partial charge >= 0.3 is 0 Å². The first-order chi connectivity index (χ1) is 5.91. The van der Waals surface area contributed by atoms with E-state index in [1.54, 1.807) is 0 Å². The van der Waals surface area contributed by atoms with Crippen LogP contribution in [0.1, 0.15) is 6.92 Å². The highest BCUT2D eigenvalue weighted by atomic mass is 16.4. The van der Waals surface area contributed by atoms with Crippen LogP contribution in [0.5, 0.6) is 0 Å². The lowest BCUT2D eigenvalue weighted by molar-refractivity contribution is -0.145. The molecule has 0 saturated heterocycles. The number of rotatable bonds is 5. The van der Waals surface area contributed by atoms with Crippen LogP contribution in [-0.2, 0) is 4.79 Å². The summed E-state index contributed by atoms with van der Waals surface area (Å²) >= 11 is 0. The highest BCUT2D eigenvalue weighted by Crippen LogP contribution is 2.05. The van der Waals surface area contributed by atoms with E-state index in [0.717, 1.165) is 6.92 Å². The third-order valence-electron chi connectivity index (χ3n) is 1.67. The third-order valence-corrected chi connectivity index (χ3v) is 1.67. The normalized spacial score (nSPS) is 20.5. The van der Waals surface area contributed by atoms with E-state index < -0.39 is 36.8 Å². The maximum Gasteiger partial charge on any atom is 0.160 e. The van der Waals surface area contributed by atoms with Gasteiger partial charge in [0.25, 0.3) is 0 Å². The number of hydrogen-bond donors (Lipinski definition) is 5. The first kappa shape index (κ1) is 12.5. The van der Waals surface area contributed by atoms with Crippen molar-refractivity contribution in [2.45, 2.75) is 31.3 Å². The lowest BCUT2D eigenvalue weighted by atomic mass is 10.0. The number of carbonyl (C=O) groups excluding carboxylic acids is 1. The van der Waals surface area contributed by atoms with Crippen LogP contribution in [0.2, 0.25) is 0 Å². The zero-order valence-electron chi connectivity index (χ0n) is 7.16. The summed E-state index contributed by atoms with van der Waals surface area (Å²) in [4.78, 5) is 10.5. The van der Waals surface area contributed by atoms with Gasteiger partial charge in [-0.3, -0.25) is 4.79 Å². The van der Waals surface area contributed by atoms with Crippen LogP contribution in [0.15, 0.2) is 0 Å². The van der Waals surface area contributed by atoms with Gasteiger partial charge in [0.1, 0.15) is 24.4 Å². The second kappa shape index (κ2) is 5.25.